The molecule has 1 aliphatic heterocycles. The van der Waals surface area contributed by atoms with Gasteiger partial charge in [0.1, 0.15) is 11.6 Å². The molecule has 3 amide bonds. The minimum atomic E-state index is -5.01. The summed E-state index contributed by atoms with van der Waals surface area (Å²) >= 11 is 0. The van der Waals surface area contributed by atoms with Crippen LogP contribution in [0, 0.1) is 19.7 Å². The van der Waals surface area contributed by atoms with Gasteiger partial charge in [0.05, 0.1) is 28.8 Å². The first-order chi connectivity index (χ1) is 21.2. The number of ketones is 1. The van der Waals surface area contributed by atoms with E-state index in [0.717, 1.165) is 0 Å². The number of hydrogen-bond acceptors (Lipinski definition) is 6. The summed E-state index contributed by atoms with van der Waals surface area (Å²) in [6.45, 7) is 3.89. The van der Waals surface area contributed by atoms with E-state index in [9.17, 15) is 31.9 Å². The van der Waals surface area contributed by atoms with E-state index in [1.54, 1.807) is 48.6 Å². The molecule has 6 rings (SSSR count). The van der Waals surface area contributed by atoms with Crippen LogP contribution in [0.4, 0.5) is 33.9 Å². The molecule has 4 N–H and O–H groups in total. The van der Waals surface area contributed by atoms with Crippen molar-refractivity contribution in [3.05, 3.63) is 95.1 Å². The number of ether oxygens (including phenoxy) is 1. The lowest BCUT2D eigenvalue weighted by atomic mass is 10.0. The summed E-state index contributed by atoms with van der Waals surface area (Å²) in [4.78, 5) is 42.1. The van der Waals surface area contributed by atoms with Crippen molar-refractivity contribution in [1.82, 2.24) is 20.1 Å². The van der Waals surface area contributed by atoms with Gasteiger partial charge in [0.25, 0.3) is 5.91 Å². The number of hydrogen-bond donors (Lipinski definition) is 3. The number of nitrogens with one attached hydrogen (secondary N) is 2. The molecular formula is C31H24F4N6O4. The number of alkyl halides is 3. The normalized spacial score (nSPS) is 16.8. The Bertz CT molecular complexity index is 2050. The molecule has 1 fully saturated rings. The number of H-pyrrole nitrogens is 1. The smallest absolute Gasteiger partial charge is 0.420 e. The number of aryl methyl sites for hydroxylation is 2. The second-order valence-corrected chi connectivity index (χ2v) is 10.8. The summed E-state index contributed by atoms with van der Waals surface area (Å²) in [5, 5.41) is 6.51. The van der Waals surface area contributed by atoms with E-state index in [1.165, 1.54) is 42.1 Å². The fraction of sp³-hybridized carbons (Fsp3) is 0.161. The summed E-state index contributed by atoms with van der Waals surface area (Å²) < 4.78 is 61.9. The number of amides is 3. The molecule has 1 atom stereocenters. The highest BCUT2D eigenvalue weighted by atomic mass is 19.4. The van der Waals surface area contributed by atoms with Crippen LogP contribution < -0.4 is 20.7 Å². The number of nitrogen functional groups attached to an aromatic ring is 1. The third-order valence-corrected chi connectivity index (χ3v) is 7.69. The molecule has 10 nitrogen and oxygen atoms in total. The van der Waals surface area contributed by atoms with Crippen LogP contribution >= 0.6 is 0 Å². The Balaban J connectivity index is 1.28. The molecule has 230 valence electrons. The molecule has 14 heteroatoms. The lowest BCUT2D eigenvalue weighted by Crippen LogP contribution is -2.56. The number of para-hydroxylation sites is 1. The number of carbonyl (C=O) groups is 3. The van der Waals surface area contributed by atoms with Crippen molar-refractivity contribution in [2.45, 2.75) is 32.5 Å². The number of urea groups is 1. The van der Waals surface area contributed by atoms with E-state index in [0.29, 0.717) is 45.3 Å². The number of carbonyl (C=O) groups excluding carboxylic acids is 3. The topological polar surface area (TPSA) is 135 Å². The Morgan fingerprint density at radius 3 is 2.40 bits per heavy atom. The van der Waals surface area contributed by atoms with Crippen molar-refractivity contribution in [2.24, 2.45) is 0 Å². The van der Waals surface area contributed by atoms with Crippen LogP contribution in [0.15, 0.2) is 66.9 Å². The van der Waals surface area contributed by atoms with Gasteiger partial charge in [-0.25, -0.2) is 18.8 Å². The third kappa shape index (κ3) is 4.74. The highest BCUT2D eigenvalue weighted by Crippen LogP contribution is 2.39. The predicted molar refractivity (Wildman–Crippen MR) is 156 cm³/mol. The van der Waals surface area contributed by atoms with Gasteiger partial charge >= 0.3 is 12.2 Å². The molecule has 0 bridgehead atoms. The van der Waals surface area contributed by atoms with Gasteiger partial charge in [-0.15, -0.1) is 0 Å². The summed E-state index contributed by atoms with van der Waals surface area (Å²) in [5.41, 5.74) is 5.14. The van der Waals surface area contributed by atoms with Gasteiger partial charge in [0, 0.05) is 10.9 Å². The van der Waals surface area contributed by atoms with Crippen molar-refractivity contribution in [2.75, 3.05) is 10.6 Å². The molecule has 1 aliphatic rings. The number of aromatic amines is 1. The van der Waals surface area contributed by atoms with Gasteiger partial charge in [-0.1, -0.05) is 12.1 Å². The Labute approximate surface area is 252 Å². The first-order valence-electron chi connectivity index (χ1n) is 13.5. The summed E-state index contributed by atoms with van der Waals surface area (Å²) in [7, 11) is 0. The number of nitrogens with two attached hydrogens (primary N) is 1. The molecule has 3 aromatic carbocycles. The quantitative estimate of drug-likeness (QED) is 0.119. The number of aromatic nitrogens is 3. The molecule has 1 saturated heterocycles. The van der Waals surface area contributed by atoms with Gasteiger partial charge in [-0.05, 0) is 80.4 Å². The van der Waals surface area contributed by atoms with Crippen LogP contribution in [0.3, 0.4) is 0 Å². The Morgan fingerprint density at radius 1 is 1.00 bits per heavy atom. The fourth-order valence-corrected chi connectivity index (χ4v) is 5.11. The fourth-order valence-electron chi connectivity index (χ4n) is 5.11. The van der Waals surface area contributed by atoms with E-state index >= 15 is 0 Å². The molecular weight excluding hydrogens is 596 g/mol. The van der Waals surface area contributed by atoms with E-state index in [1.807, 2.05) is 0 Å². The van der Waals surface area contributed by atoms with Crippen molar-refractivity contribution < 1.29 is 36.7 Å². The molecule has 0 aliphatic carbocycles. The van der Waals surface area contributed by atoms with Crippen molar-refractivity contribution in [3.63, 3.8) is 0 Å². The zero-order valence-electron chi connectivity index (χ0n) is 23.9. The number of fused-ring (bicyclic) bond motifs is 1. The Hall–Kier alpha value is -5.66. The van der Waals surface area contributed by atoms with E-state index in [2.05, 4.69) is 10.1 Å². The molecule has 0 saturated carbocycles. The van der Waals surface area contributed by atoms with Gasteiger partial charge in [-0.2, -0.15) is 18.3 Å². The zero-order valence-corrected chi connectivity index (χ0v) is 23.9. The average Bonchev–Trinajstić information content (AvgIpc) is 3.63. The lowest BCUT2D eigenvalue weighted by molar-refractivity contribution is -0.187. The van der Waals surface area contributed by atoms with Crippen LogP contribution in [-0.2, 0) is 4.79 Å². The monoisotopic (exact) mass is 620 g/mol. The highest BCUT2D eigenvalue weighted by molar-refractivity contribution is 6.24. The minimum Gasteiger partial charge on any atom is -0.454 e. The number of nitrogens with zero attached hydrogens (tertiary/aromatic N) is 3. The maximum absolute atomic E-state index is 14.0. The summed E-state index contributed by atoms with van der Waals surface area (Å²) in [6, 6.07) is 14.2. The average molecular weight is 621 g/mol. The largest absolute Gasteiger partial charge is 0.454 e. The maximum Gasteiger partial charge on any atom is 0.420 e. The zero-order chi connectivity index (χ0) is 32.4. The van der Waals surface area contributed by atoms with Crippen LogP contribution in [0.25, 0.3) is 16.6 Å². The van der Waals surface area contributed by atoms with Gasteiger partial charge in [-0.3, -0.25) is 9.59 Å². The summed E-state index contributed by atoms with van der Waals surface area (Å²) in [6.07, 6.45) is -3.72. The van der Waals surface area contributed by atoms with Crippen molar-refractivity contribution in [3.8, 4) is 17.2 Å². The van der Waals surface area contributed by atoms with Crippen LogP contribution in [0.2, 0.25) is 0 Å². The first-order valence-corrected chi connectivity index (χ1v) is 13.5. The molecule has 1 unspecified atom stereocenters. The first kappa shape index (κ1) is 29.4. The number of imide groups is 1. The van der Waals surface area contributed by atoms with Gasteiger partial charge < -0.3 is 20.8 Å². The van der Waals surface area contributed by atoms with E-state index in [-0.39, 0.29) is 28.5 Å². The second-order valence-electron chi connectivity index (χ2n) is 10.8. The standard InChI is InChI=1S/C31H24F4N6O4/c1-15-10-17-12-22(38-21(17)13-23(15)40-28(43)30(3,31(33,34)35)39-29(40)44)26(42)19-14-37-41(27(19)36)18-8-9-24(16(2)11-18)45-25-7-5-4-6-20(25)32/h4-14,38H,36H2,1-3H3,(H,39,44). The van der Waals surface area contributed by atoms with Crippen LogP contribution in [0.1, 0.15) is 34.1 Å². The van der Waals surface area contributed by atoms with Crippen molar-refractivity contribution in [1.29, 1.82) is 0 Å². The Kier molecular flexibility index (Phi) is 6.68. The minimum absolute atomic E-state index is 0.0310. The number of rotatable bonds is 6. The Morgan fingerprint density at radius 2 is 1.73 bits per heavy atom. The second kappa shape index (κ2) is 10.2. The predicted octanol–water partition coefficient (Wildman–Crippen LogP) is 6.09. The number of anilines is 2. The van der Waals surface area contributed by atoms with Crippen LogP contribution in [0.5, 0.6) is 11.5 Å². The van der Waals surface area contributed by atoms with E-state index in [4.69, 9.17) is 10.5 Å². The molecule has 0 spiro atoms. The molecule has 5 aromatic rings. The highest BCUT2D eigenvalue weighted by Gasteiger charge is 2.64. The third-order valence-electron chi connectivity index (χ3n) is 7.69. The number of halogens is 4. The molecule has 0 radical (unpaired) electrons. The SMILES string of the molecule is Cc1cc(-n2ncc(C(=O)c3cc4cc(C)c(N5C(=O)NC(C)(C(F)(F)F)C5=O)cc4[nH]3)c2N)ccc1Oc1ccccc1F. The van der Waals surface area contributed by atoms with E-state index < -0.39 is 35.3 Å². The summed E-state index contributed by atoms with van der Waals surface area (Å²) in [5.74, 6) is -1.99. The molecule has 45 heavy (non-hydrogen) atoms. The molecule has 2 aromatic heterocycles. The lowest BCUT2D eigenvalue weighted by Gasteiger charge is -2.24. The van der Waals surface area contributed by atoms with Crippen molar-refractivity contribution >= 4 is 40.1 Å². The molecule has 3 heterocycles. The van der Waals surface area contributed by atoms with Gasteiger partial charge in [0.15, 0.2) is 11.6 Å². The number of benzene rings is 3. The van der Waals surface area contributed by atoms with Gasteiger partial charge in [0.2, 0.25) is 11.3 Å². The van der Waals surface area contributed by atoms with Crippen LogP contribution in [-0.4, -0.2) is 44.2 Å². The maximum atomic E-state index is 14.0.